The fourth-order valence-corrected chi connectivity index (χ4v) is 2.09. The van der Waals surface area contributed by atoms with Gasteiger partial charge in [-0.05, 0) is 13.5 Å². The van der Waals surface area contributed by atoms with Crippen LogP contribution in [0.15, 0.2) is 0 Å². The highest BCUT2D eigenvalue weighted by Gasteiger charge is 2.30. The molecular formula is C12H23N3O3. The number of hydrogen-bond donors (Lipinski definition) is 1. The molecule has 0 aromatic heterocycles. The lowest BCUT2D eigenvalue weighted by Crippen LogP contribution is -2.57. The Kier molecular flexibility index (Phi) is 6.07. The molecule has 18 heavy (non-hydrogen) atoms. The number of rotatable bonds is 7. The number of carbonyl (C=O) groups is 2. The van der Waals surface area contributed by atoms with E-state index in [9.17, 15) is 9.59 Å². The normalized spacial score (nSPS) is 18.4. The van der Waals surface area contributed by atoms with E-state index in [2.05, 4.69) is 5.32 Å². The van der Waals surface area contributed by atoms with Crippen molar-refractivity contribution in [3.05, 3.63) is 0 Å². The maximum atomic E-state index is 11.9. The summed E-state index contributed by atoms with van der Waals surface area (Å²) in [6.07, 6.45) is 0. The molecule has 1 aliphatic heterocycles. The molecule has 1 fully saturated rings. The molecule has 1 unspecified atom stereocenters. The van der Waals surface area contributed by atoms with Gasteiger partial charge in [0.15, 0.2) is 0 Å². The third kappa shape index (κ3) is 3.96. The number of methoxy groups -OCH3 is 1. The first kappa shape index (κ1) is 14.9. The van der Waals surface area contributed by atoms with E-state index >= 15 is 0 Å². The van der Waals surface area contributed by atoms with Crippen LogP contribution in [0, 0.1) is 0 Å². The molecule has 0 aromatic carbocycles. The van der Waals surface area contributed by atoms with E-state index in [1.807, 2.05) is 13.8 Å². The highest BCUT2D eigenvalue weighted by atomic mass is 16.5. The summed E-state index contributed by atoms with van der Waals surface area (Å²) in [6.45, 7) is 6.71. The Balaban J connectivity index is 2.55. The second-order valence-electron chi connectivity index (χ2n) is 4.39. The first-order valence-electron chi connectivity index (χ1n) is 6.40. The maximum absolute atomic E-state index is 11.9. The van der Waals surface area contributed by atoms with E-state index in [-0.39, 0.29) is 30.9 Å². The van der Waals surface area contributed by atoms with Crippen molar-refractivity contribution < 1.29 is 14.3 Å². The molecule has 0 bridgehead atoms. The van der Waals surface area contributed by atoms with E-state index in [1.165, 1.54) is 0 Å². The zero-order chi connectivity index (χ0) is 13.5. The monoisotopic (exact) mass is 257 g/mol. The van der Waals surface area contributed by atoms with Crippen molar-refractivity contribution in [1.82, 2.24) is 15.1 Å². The zero-order valence-electron chi connectivity index (χ0n) is 11.4. The van der Waals surface area contributed by atoms with Gasteiger partial charge in [0.25, 0.3) is 0 Å². The summed E-state index contributed by atoms with van der Waals surface area (Å²) in [6, 6.07) is 0.0740. The molecule has 1 heterocycles. The summed E-state index contributed by atoms with van der Waals surface area (Å²) >= 11 is 0. The number of ether oxygens (including phenoxy) is 1. The Morgan fingerprint density at radius 2 is 1.83 bits per heavy atom. The average molecular weight is 257 g/mol. The molecule has 1 aliphatic rings. The molecule has 2 amide bonds. The molecule has 0 saturated carbocycles. The summed E-state index contributed by atoms with van der Waals surface area (Å²) in [5.41, 5.74) is 0. The minimum Gasteiger partial charge on any atom is -0.383 e. The van der Waals surface area contributed by atoms with Crippen molar-refractivity contribution in [3.8, 4) is 0 Å². The third-order valence-corrected chi connectivity index (χ3v) is 3.04. The second-order valence-corrected chi connectivity index (χ2v) is 4.39. The van der Waals surface area contributed by atoms with Gasteiger partial charge in [-0.3, -0.25) is 9.59 Å². The summed E-state index contributed by atoms with van der Waals surface area (Å²) in [7, 11) is 1.63. The summed E-state index contributed by atoms with van der Waals surface area (Å²) in [5, 5.41) is 3.25. The van der Waals surface area contributed by atoms with Crippen LogP contribution in [0.2, 0.25) is 0 Å². The molecule has 1 saturated heterocycles. The first-order chi connectivity index (χ1) is 8.62. The fraction of sp³-hybridized carbons (Fsp3) is 0.833. The number of nitrogens with zero attached hydrogens (tertiary/aromatic N) is 2. The van der Waals surface area contributed by atoms with E-state index in [0.29, 0.717) is 19.7 Å². The van der Waals surface area contributed by atoms with Crippen LogP contribution in [0.1, 0.15) is 13.8 Å². The number of amides is 2. The maximum Gasteiger partial charge on any atom is 0.242 e. The molecule has 0 aliphatic carbocycles. The van der Waals surface area contributed by atoms with Crippen LogP contribution in [0.5, 0.6) is 0 Å². The predicted octanol–water partition coefficient (Wildman–Crippen LogP) is -0.698. The number of carbonyl (C=O) groups excluding carboxylic acids is 2. The summed E-state index contributed by atoms with van der Waals surface area (Å²) in [5.74, 6) is 0.0280. The number of piperazine rings is 1. The van der Waals surface area contributed by atoms with Crippen molar-refractivity contribution >= 4 is 11.8 Å². The quantitative estimate of drug-likeness (QED) is 0.655. The largest absolute Gasteiger partial charge is 0.383 e. The lowest BCUT2D eigenvalue weighted by Gasteiger charge is -2.35. The van der Waals surface area contributed by atoms with Crippen molar-refractivity contribution in [2.75, 3.05) is 46.4 Å². The molecule has 1 rings (SSSR count). The van der Waals surface area contributed by atoms with Gasteiger partial charge in [0.1, 0.15) is 0 Å². The van der Waals surface area contributed by atoms with Crippen LogP contribution in [0.4, 0.5) is 0 Å². The van der Waals surface area contributed by atoms with Gasteiger partial charge in [0.05, 0.1) is 19.7 Å². The highest BCUT2D eigenvalue weighted by Crippen LogP contribution is 2.05. The van der Waals surface area contributed by atoms with Gasteiger partial charge in [-0.2, -0.15) is 0 Å². The van der Waals surface area contributed by atoms with Gasteiger partial charge in [0, 0.05) is 26.2 Å². The first-order valence-corrected chi connectivity index (χ1v) is 6.40. The lowest BCUT2D eigenvalue weighted by molar-refractivity contribution is -0.150. The minimum absolute atomic E-state index is 0.00968. The molecular weight excluding hydrogens is 234 g/mol. The zero-order valence-corrected chi connectivity index (χ0v) is 11.4. The van der Waals surface area contributed by atoms with Gasteiger partial charge < -0.3 is 19.9 Å². The third-order valence-electron chi connectivity index (χ3n) is 3.04. The van der Waals surface area contributed by atoms with Crippen molar-refractivity contribution in [2.45, 2.75) is 19.9 Å². The molecule has 104 valence electrons. The van der Waals surface area contributed by atoms with E-state index in [0.717, 1.165) is 6.54 Å². The predicted molar refractivity (Wildman–Crippen MR) is 68.2 cm³/mol. The molecule has 6 nitrogen and oxygen atoms in total. The van der Waals surface area contributed by atoms with Crippen LogP contribution >= 0.6 is 0 Å². The molecule has 0 spiro atoms. The Morgan fingerprint density at radius 1 is 1.22 bits per heavy atom. The number of hydrogen-bond acceptors (Lipinski definition) is 4. The van der Waals surface area contributed by atoms with E-state index < -0.39 is 0 Å². The highest BCUT2D eigenvalue weighted by molar-refractivity contribution is 5.92. The molecule has 6 heteroatoms. The SMILES string of the molecule is CCNC(COC)CN1CC(=O)N(CC)CC1=O. The summed E-state index contributed by atoms with van der Waals surface area (Å²) < 4.78 is 5.11. The Hall–Kier alpha value is -1.14. The smallest absolute Gasteiger partial charge is 0.242 e. The van der Waals surface area contributed by atoms with Crippen LogP contribution in [0.25, 0.3) is 0 Å². The van der Waals surface area contributed by atoms with Crippen molar-refractivity contribution in [1.29, 1.82) is 0 Å². The molecule has 0 radical (unpaired) electrons. The van der Waals surface area contributed by atoms with Gasteiger partial charge in [-0.1, -0.05) is 6.92 Å². The van der Waals surface area contributed by atoms with Crippen LogP contribution in [-0.4, -0.2) is 74.1 Å². The van der Waals surface area contributed by atoms with Crippen molar-refractivity contribution in [3.63, 3.8) is 0 Å². The van der Waals surface area contributed by atoms with Gasteiger partial charge in [-0.25, -0.2) is 0 Å². The summed E-state index contributed by atoms with van der Waals surface area (Å²) in [4.78, 5) is 26.9. The topological polar surface area (TPSA) is 61.9 Å². The van der Waals surface area contributed by atoms with E-state index in [4.69, 9.17) is 4.74 Å². The van der Waals surface area contributed by atoms with Gasteiger partial charge >= 0.3 is 0 Å². The van der Waals surface area contributed by atoms with Crippen LogP contribution in [-0.2, 0) is 14.3 Å². The Bertz CT molecular complexity index is 290. The average Bonchev–Trinajstić information content (AvgIpc) is 2.34. The van der Waals surface area contributed by atoms with Gasteiger partial charge in [0.2, 0.25) is 11.8 Å². The number of nitrogens with one attached hydrogen (secondary N) is 1. The number of likely N-dealkylation sites (N-methyl/N-ethyl adjacent to an activating group) is 2. The molecule has 1 N–H and O–H groups in total. The standard InChI is InChI=1S/C12H23N3O3/c1-4-13-10(9-18-3)6-15-8-11(16)14(5-2)7-12(15)17/h10,13H,4-9H2,1-3H3. The second kappa shape index (κ2) is 7.33. The minimum atomic E-state index is 0.00968. The van der Waals surface area contributed by atoms with Crippen LogP contribution in [0.3, 0.4) is 0 Å². The van der Waals surface area contributed by atoms with Crippen LogP contribution < -0.4 is 5.32 Å². The Morgan fingerprint density at radius 3 is 2.39 bits per heavy atom. The fourth-order valence-electron chi connectivity index (χ4n) is 2.09. The van der Waals surface area contributed by atoms with Crippen molar-refractivity contribution in [2.24, 2.45) is 0 Å². The Labute approximate surface area is 108 Å². The van der Waals surface area contributed by atoms with E-state index in [1.54, 1.807) is 16.9 Å². The molecule has 1 atom stereocenters. The molecule has 0 aromatic rings. The van der Waals surface area contributed by atoms with Gasteiger partial charge in [-0.15, -0.1) is 0 Å². The lowest BCUT2D eigenvalue weighted by atomic mass is 10.2.